The van der Waals surface area contributed by atoms with Crippen molar-refractivity contribution in [3.05, 3.63) is 10.6 Å². The Hall–Kier alpha value is -1.15. The zero-order chi connectivity index (χ0) is 11.3. The van der Waals surface area contributed by atoms with E-state index in [4.69, 9.17) is 10.4 Å². The van der Waals surface area contributed by atoms with Gasteiger partial charge >= 0.3 is 5.97 Å². The lowest BCUT2D eigenvalue weighted by Crippen LogP contribution is -2.29. The highest BCUT2D eigenvalue weighted by molar-refractivity contribution is 8.02. The van der Waals surface area contributed by atoms with Crippen molar-refractivity contribution in [1.82, 2.24) is 4.90 Å². The van der Waals surface area contributed by atoms with Gasteiger partial charge in [0.2, 0.25) is 0 Å². The van der Waals surface area contributed by atoms with Crippen LogP contribution >= 0.6 is 11.8 Å². The molecule has 0 aromatic heterocycles. The lowest BCUT2D eigenvalue weighted by Gasteiger charge is -2.30. The molecule has 0 spiro atoms. The van der Waals surface area contributed by atoms with Crippen molar-refractivity contribution in [3.63, 3.8) is 0 Å². The van der Waals surface area contributed by atoms with E-state index in [-0.39, 0.29) is 5.57 Å². The third-order valence-corrected chi connectivity index (χ3v) is 3.23. The number of aliphatic carboxylic acids is 1. The smallest absolute Gasteiger partial charge is 0.349 e. The number of hydrogen-bond acceptors (Lipinski definition) is 4. The van der Waals surface area contributed by atoms with E-state index in [1.54, 1.807) is 6.07 Å². The standard InChI is InChI=1S/C10H14N2O2S/c1-15-9(8(7-11)10(13)14)12-5-3-2-4-6-12/h2-6H2,1H3,(H,13,14)/b9-8-. The Labute approximate surface area is 93.6 Å². The van der Waals surface area contributed by atoms with E-state index in [0.29, 0.717) is 5.03 Å². The highest BCUT2D eigenvalue weighted by Crippen LogP contribution is 2.25. The van der Waals surface area contributed by atoms with Gasteiger partial charge in [0.15, 0.2) is 5.57 Å². The van der Waals surface area contributed by atoms with E-state index in [1.165, 1.54) is 18.2 Å². The summed E-state index contributed by atoms with van der Waals surface area (Å²) >= 11 is 1.34. The van der Waals surface area contributed by atoms with Crippen molar-refractivity contribution in [3.8, 4) is 6.07 Å². The summed E-state index contributed by atoms with van der Waals surface area (Å²) in [5.74, 6) is -1.13. The highest BCUT2D eigenvalue weighted by Gasteiger charge is 2.20. The quantitative estimate of drug-likeness (QED) is 0.585. The Morgan fingerprint density at radius 3 is 2.40 bits per heavy atom. The summed E-state index contributed by atoms with van der Waals surface area (Å²) in [5, 5.41) is 18.3. The predicted octanol–water partition coefficient (Wildman–Crippen LogP) is 1.66. The molecule has 0 atom stereocenters. The second-order valence-electron chi connectivity index (χ2n) is 3.35. The van der Waals surface area contributed by atoms with Gasteiger partial charge in [-0.3, -0.25) is 0 Å². The molecule has 82 valence electrons. The summed E-state index contributed by atoms with van der Waals surface area (Å²) in [5.41, 5.74) is -0.135. The summed E-state index contributed by atoms with van der Waals surface area (Å²) in [6.07, 6.45) is 5.14. The van der Waals surface area contributed by atoms with Gasteiger partial charge in [-0.15, -0.1) is 11.8 Å². The molecular weight excluding hydrogens is 212 g/mol. The van der Waals surface area contributed by atoms with Gasteiger partial charge in [-0.25, -0.2) is 4.79 Å². The first-order chi connectivity index (χ1) is 7.20. The van der Waals surface area contributed by atoms with E-state index >= 15 is 0 Å². The molecule has 5 heteroatoms. The largest absolute Gasteiger partial charge is 0.477 e. The molecular formula is C10H14N2O2S. The van der Waals surface area contributed by atoms with Crippen molar-refractivity contribution in [2.45, 2.75) is 19.3 Å². The number of nitrogens with zero attached hydrogens (tertiary/aromatic N) is 2. The molecule has 0 saturated carbocycles. The maximum absolute atomic E-state index is 10.9. The van der Waals surface area contributed by atoms with Crippen molar-refractivity contribution in [1.29, 1.82) is 5.26 Å². The molecule has 1 N–H and O–H groups in total. The van der Waals surface area contributed by atoms with Crippen molar-refractivity contribution >= 4 is 17.7 Å². The number of carbonyl (C=O) groups is 1. The van der Waals surface area contributed by atoms with E-state index in [2.05, 4.69) is 0 Å². The molecule has 1 saturated heterocycles. The van der Waals surface area contributed by atoms with Crippen LogP contribution in [0, 0.1) is 11.3 Å². The summed E-state index contributed by atoms with van der Waals surface area (Å²) in [6, 6.07) is 1.77. The SMILES string of the molecule is CS/C(=C(/C#N)C(=O)O)N1CCCCC1. The molecule has 1 heterocycles. The molecule has 0 bridgehead atoms. The fourth-order valence-corrected chi connectivity index (χ4v) is 2.45. The topological polar surface area (TPSA) is 64.3 Å². The van der Waals surface area contributed by atoms with Gasteiger partial charge < -0.3 is 10.0 Å². The van der Waals surface area contributed by atoms with Crippen molar-refractivity contribution in [2.75, 3.05) is 19.3 Å². The van der Waals surface area contributed by atoms with Crippen LogP contribution in [0.15, 0.2) is 10.6 Å². The predicted molar refractivity (Wildman–Crippen MR) is 59.2 cm³/mol. The van der Waals surface area contributed by atoms with Gasteiger partial charge in [-0.2, -0.15) is 5.26 Å². The molecule has 0 amide bonds. The van der Waals surface area contributed by atoms with Crippen molar-refractivity contribution in [2.24, 2.45) is 0 Å². The van der Waals surface area contributed by atoms with Gasteiger partial charge in [0.05, 0.1) is 5.03 Å². The number of carboxylic acid groups (broad SMARTS) is 1. The Morgan fingerprint density at radius 2 is 2.00 bits per heavy atom. The van der Waals surface area contributed by atoms with E-state index in [0.717, 1.165) is 25.9 Å². The Bertz CT molecular complexity index is 314. The summed E-state index contributed by atoms with van der Waals surface area (Å²) in [7, 11) is 0. The zero-order valence-corrected chi connectivity index (χ0v) is 9.51. The Balaban J connectivity index is 2.93. The van der Waals surface area contributed by atoms with Crippen LogP contribution in [-0.4, -0.2) is 35.3 Å². The normalized spacial score (nSPS) is 18.0. The molecule has 0 aliphatic carbocycles. The van der Waals surface area contributed by atoms with E-state index < -0.39 is 5.97 Å². The van der Waals surface area contributed by atoms with Crippen LogP contribution in [0.5, 0.6) is 0 Å². The number of hydrogen-bond donors (Lipinski definition) is 1. The Kier molecular flexibility index (Phi) is 4.50. The number of likely N-dealkylation sites (tertiary alicyclic amines) is 1. The van der Waals surface area contributed by atoms with Gasteiger partial charge in [-0.1, -0.05) is 0 Å². The molecule has 0 aromatic rings. The second kappa shape index (κ2) is 5.66. The van der Waals surface area contributed by atoms with Gasteiger partial charge in [0.1, 0.15) is 6.07 Å². The highest BCUT2D eigenvalue weighted by atomic mass is 32.2. The minimum Gasteiger partial charge on any atom is -0.477 e. The lowest BCUT2D eigenvalue weighted by molar-refractivity contribution is -0.132. The molecule has 1 rings (SSSR count). The monoisotopic (exact) mass is 226 g/mol. The van der Waals surface area contributed by atoms with E-state index in [1.807, 2.05) is 11.2 Å². The van der Waals surface area contributed by atoms with Crippen LogP contribution in [0.1, 0.15) is 19.3 Å². The first-order valence-corrected chi connectivity index (χ1v) is 6.09. The zero-order valence-electron chi connectivity index (χ0n) is 8.69. The fraction of sp³-hybridized carbons (Fsp3) is 0.600. The molecule has 15 heavy (non-hydrogen) atoms. The fourth-order valence-electron chi connectivity index (χ4n) is 1.67. The van der Waals surface area contributed by atoms with Gasteiger partial charge in [0, 0.05) is 13.1 Å². The average Bonchev–Trinajstić information content (AvgIpc) is 2.26. The molecule has 1 aliphatic heterocycles. The molecule has 1 fully saturated rings. The molecule has 4 nitrogen and oxygen atoms in total. The minimum atomic E-state index is -1.13. The number of rotatable bonds is 3. The number of carboxylic acids is 1. The average molecular weight is 226 g/mol. The van der Waals surface area contributed by atoms with Crippen LogP contribution in [0.2, 0.25) is 0 Å². The molecule has 0 aromatic carbocycles. The van der Waals surface area contributed by atoms with Crippen LogP contribution in [0.4, 0.5) is 0 Å². The summed E-state index contributed by atoms with van der Waals surface area (Å²) < 4.78 is 0. The summed E-state index contributed by atoms with van der Waals surface area (Å²) in [6.45, 7) is 1.71. The molecule has 0 radical (unpaired) electrons. The van der Waals surface area contributed by atoms with Crippen LogP contribution in [0.3, 0.4) is 0 Å². The number of thioether (sulfide) groups is 1. The summed E-state index contributed by atoms with van der Waals surface area (Å²) in [4.78, 5) is 12.9. The van der Waals surface area contributed by atoms with Crippen LogP contribution < -0.4 is 0 Å². The second-order valence-corrected chi connectivity index (χ2v) is 4.14. The van der Waals surface area contributed by atoms with E-state index in [9.17, 15) is 4.79 Å². The Morgan fingerprint density at radius 1 is 1.40 bits per heavy atom. The van der Waals surface area contributed by atoms with Gasteiger partial charge in [-0.05, 0) is 25.5 Å². The maximum Gasteiger partial charge on any atom is 0.349 e. The minimum absolute atomic E-state index is 0.135. The molecule has 0 unspecified atom stereocenters. The van der Waals surface area contributed by atoms with Gasteiger partial charge in [0.25, 0.3) is 0 Å². The third kappa shape index (κ3) is 2.90. The first kappa shape index (κ1) is 11.9. The lowest BCUT2D eigenvalue weighted by atomic mass is 10.1. The third-order valence-electron chi connectivity index (χ3n) is 2.38. The number of nitriles is 1. The molecule has 1 aliphatic rings. The maximum atomic E-state index is 10.9. The van der Waals surface area contributed by atoms with Crippen molar-refractivity contribution < 1.29 is 9.90 Å². The van der Waals surface area contributed by atoms with Crippen LogP contribution in [-0.2, 0) is 4.79 Å². The first-order valence-electron chi connectivity index (χ1n) is 4.87. The van der Waals surface area contributed by atoms with Crippen LogP contribution in [0.25, 0.3) is 0 Å². The number of piperidine rings is 1.